The lowest BCUT2D eigenvalue weighted by atomic mass is 9.98. The van der Waals surface area contributed by atoms with E-state index in [-0.39, 0.29) is 6.10 Å². The number of fused-ring (bicyclic) bond motifs is 1. The zero-order valence-corrected chi connectivity index (χ0v) is 31.5. The second kappa shape index (κ2) is 14.3. The Kier molecular flexibility index (Phi) is 9.85. The highest BCUT2D eigenvalue weighted by molar-refractivity contribution is 9.10. The molecule has 1 atom stereocenters. The van der Waals surface area contributed by atoms with E-state index in [1.165, 1.54) is 0 Å². The van der Waals surface area contributed by atoms with Crippen LogP contribution in [0.1, 0.15) is 19.8 Å². The molecule has 7 rings (SSSR count). The van der Waals surface area contributed by atoms with Crippen LogP contribution in [-0.4, -0.2) is 95.0 Å². The summed E-state index contributed by atoms with van der Waals surface area (Å²) in [6, 6.07) is 12.4. The van der Waals surface area contributed by atoms with Gasteiger partial charge in [-0.1, -0.05) is 6.07 Å². The molecule has 0 bridgehead atoms. The molecule has 0 amide bonds. The summed E-state index contributed by atoms with van der Waals surface area (Å²) >= 11 is 3.61. The zero-order chi connectivity index (χ0) is 35.0. The summed E-state index contributed by atoms with van der Waals surface area (Å²) in [7, 11) is 0.903. The highest BCUT2D eigenvalue weighted by Crippen LogP contribution is 2.43. The Labute approximate surface area is 301 Å². The highest BCUT2D eigenvalue weighted by Gasteiger charge is 2.30. The lowest BCUT2D eigenvalue weighted by Crippen LogP contribution is -2.51. The van der Waals surface area contributed by atoms with Gasteiger partial charge >= 0.3 is 0 Å². The van der Waals surface area contributed by atoms with Gasteiger partial charge in [0.1, 0.15) is 18.7 Å². The minimum atomic E-state index is -2.71. The standard InChI is InChI=1S/C36H43BrN9O3P/c1-23-21-46(15-16-49-23)25-10-13-45(14-11-25)32-18-33(48-3)31(17-27(32)24-19-40-44(2)22-24)42-36-39-20-28(37)35(43-36)41-30-9-8-29-26(7-6-12-38-29)34(30)50(4,5)47/h6-9,12,17-20,22-23,25H,10-11,13-16,21H2,1-5H3,(H2,39,41,42,43)/t23-/m1/s1. The number of nitrogens with zero attached hydrogens (tertiary/aromatic N) is 7. The number of nitrogens with one attached hydrogen (secondary N) is 2. The van der Waals surface area contributed by atoms with E-state index < -0.39 is 7.14 Å². The van der Waals surface area contributed by atoms with Gasteiger partial charge in [-0.15, -0.1) is 0 Å². The van der Waals surface area contributed by atoms with Crippen LogP contribution in [0, 0.1) is 0 Å². The number of rotatable bonds is 9. The maximum atomic E-state index is 13.5. The Morgan fingerprint density at radius 1 is 1.04 bits per heavy atom. The van der Waals surface area contributed by atoms with Gasteiger partial charge < -0.3 is 29.6 Å². The van der Waals surface area contributed by atoms with Gasteiger partial charge in [0.15, 0.2) is 0 Å². The number of halogens is 1. The van der Waals surface area contributed by atoms with Crippen molar-refractivity contribution in [2.24, 2.45) is 7.05 Å². The van der Waals surface area contributed by atoms with Crippen molar-refractivity contribution in [1.82, 2.24) is 29.6 Å². The van der Waals surface area contributed by atoms with Crippen molar-refractivity contribution in [2.75, 3.05) is 68.8 Å². The molecule has 3 aromatic heterocycles. The largest absolute Gasteiger partial charge is 0.494 e. The molecule has 0 spiro atoms. The van der Waals surface area contributed by atoms with Gasteiger partial charge in [-0.05, 0) is 73.3 Å². The molecule has 0 saturated carbocycles. The Morgan fingerprint density at radius 2 is 1.86 bits per heavy atom. The summed E-state index contributed by atoms with van der Waals surface area (Å²) in [6.45, 7) is 10.4. The number of benzene rings is 2. The fourth-order valence-corrected chi connectivity index (χ4v) is 8.89. The van der Waals surface area contributed by atoms with E-state index in [0.717, 1.165) is 84.3 Å². The van der Waals surface area contributed by atoms with Gasteiger partial charge in [-0.25, -0.2) is 4.98 Å². The molecular formula is C36H43BrN9O3P. The molecule has 2 fully saturated rings. The molecule has 0 radical (unpaired) electrons. The smallest absolute Gasteiger partial charge is 0.229 e. The zero-order valence-electron chi connectivity index (χ0n) is 29.1. The normalized spacial score (nSPS) is 17.6. The Morgan fingerprint density at radius 3 is 2.58 bits per heavy atom. The maximum absolute atomic E-state index is 13.5. The van der Waals surface area contributed by atoms with E-state index in [1.54, 1.807) is 32.8 Å². The first-order valence-electron chi connectivity index (χ1n) is 16.9. The lowest BCUT2D eigenvalue weighted by Gasteiger charge is -2.42. The Bertz CT molecular complexity index is 2060. The number of ether oxygens (including phenoxy) is 2. The molecule has 14 heteroatoms. The first kappa shape index (κ1) is 34.4. The minimum absolute atomic E-state index is 0.282. The fraction of sp³-hybridized carbons (Fsp3) is 0.389. The van der Waals surface area contributed by atoms with Crippen molar-refractivity contribution >= 4 is 68.1 Å². The second-order valence-corrected chi connectivity index (χ2v) is 17.4. The number of methoxy groups -OCH3 is 1. The summed E-state index contributed by atoms with van der Waals surface area (Å²) < 4.78 is 27.8. The third kappa shape index (κ3) is 7.23. The van der Waals surface area contributed by atoms with E-state index >= 15 is 0 Å². The minimum Gasteiger partial charge on any atom is -0.494 e. The number of aryl methyl sites for hydroxylation is 1. The highest BCUT2D eigenvalue weighted by atomic mass is 79.9. The van der Waals surface area contributed by atoms with Crippen molar-refractivity contribution in [3.63, 3.8) is 0 Å². The molecule has 262 valence electrons. The number of aromatic nitrogens is 5. The van der Waals surface area contributed by atoms with Crippen molar-refractivity contribution in [3.8, 4) is 16.9 Å². The summed E-state index contributed by atoms with van der Waals surface area (Å²) in [5.74, 6) is 1.58. The van der Waals surface area contributed by atoms with Crippen LogP contribution in [0.15, 0.2) is 65.7 Å². The van der Waals surface area contributed by atoms with Crippen LogP contribution >= 0.6 is 23.1 Å². The summed E-state index contributed by atoms with van der Waals surface area (Å²) in [6.07, 6.45) is 9.82. The van der Waals surface area contributed by atoms with Crippen molar-refractivity contribution in [1.29, 1.82) is 0 Å². The Balaban J connectivity index is 1.19. The average molecular weight is 761 g/mol. The molecule has 5 heterocycles. The number of hydrogen-bond donors (Lipinski definition) is 2. The second-order valence-electron chi connectivity index (χ2n) is 13.4. The van der Waals surface area contributed by atoms with Gasteiger partial charge in [0, 0.05) is 91.4 Å². The third-order valence-electron chi connectivity index (χ3n) is 9.47. The summed E-state index contributed by atoms with van der Waals surface area (Å²) in [4.78, 5) is 18.9. The van der Waals surface area contributed by atoms with Gasteiger partial charge in [-0.2, -0.15) is 10.1 Å². The van der Waals surface area contributed by atoms with Gasteiger partial charge in [0.2, 0.25) is 5.95 Å². The SMILES string of the molecule is COc1cc(N2CCC(N3CCO[C@H](C)C3)CC2)c(-c2cnn(C)c2)cc1Nc1ncc(Br)c(Nc2ccc3ncccc3c2P(C)(C)=O)n1. The monoisotopic (exact) mass is 759 g/mol. The fourth-order valence-electron chi connectivity index (χ4n) is 7.12. The molecule has 2 aliphatic rings. The molecule has 0 unspecified atom stereocenters. The molecule has 2 saturated heterocycles. The topological polar surface area (TPSA) is 123 Å². The Hall–Kier alpha value is -4.03. The predicted octanol–water partition coefficient (Wildman–Crippen LogP) is 6.62. The van der Waals surface area contributed by atoms with Crippen molar-refractivity contribution in [2.45, 2.75) is 31.9 Å². The van der Waals surface area contributed by atoms with E-state index in [0.29, 0.717) is 33.7 Å². The van der Waals surface area contributed by atoms with Crippen LogP contribution in [0.2, 0.25) is 0 Å². The van der Waals surface area contributed by atoms with Crippen LogP contribution in [-0.2, 0) is 16.3 Å². The number of piperidine rings is 1. The van der Waals surface area contributed by atoms with Crippen LogP contribution < -0.4 is 25.6 Å². The van der Waals surface area contributed by atoms with Crippen molar-refractivity contribution in [3.05, 3.63) is 65.7 Å². The van der Waals surface area contributed by atoms with E-state index in [2.05, 4.69) is 70.5 Å². The van der Waals surface area contributed by atoms with Gasteiger partial charge in [0.25, 0.3) is 0 Å². The molecule has 50 heavy (non-hydrogen) atoms. The van der Waals surface area contributed by atoms with Crippen molar-refractivity contribution < 1.29 is 14.0 Å². The summed E-state index contributed by atoms with van der Waals surface area (Å²) in [5, 5.41) is 12.9. The number of morpholine rings is 1. The number of anilines is 5. The lowest BCUT2D eigenvalue weighted by molar-refractivity contribution is -0.0373. The number of pyridine rings is 1. The molecule has 5 aromatic rings. The molecule has 2 aromatic carbocycles. The van der Waals surface area contributed by atoms with Gasteiger partial charge in [0.05, 0.1) is 47.4 Å². The van der Waals surface area contributed by atoms with Crippen LogP contribution in [0.4, 0.5) is 28.8 Å². The first-order chi connectivity index (χ1) is 24.1. The molecule has 2 aliphatic heterocycles. The molecule has 12 nitrogen and oxygen atoms in total. The summed E-state index contributed by atoms with van der Waals surface area (Å²) in [5.41, 5.74) is 5.39. The third-order valence-corrected chi connectivity index (χ3v) is 11.6. The quantitative estimate of drug-likeness (QED) is 0.158. The van der Waals surface area contributed by atoms with Crippen LogP contribution in [0.5, 0.6) is 5.75 Å². The van der Waals surface area contributed by atoms with E-state index in [1.807, 2.05) is 48.4 Å². The average Bonchev–Trinajstić information content (AvgIpc) is 3.55. The molecular weight excluding hydrogens is 717 g/mol. The first-order valence-corrected chi connectivity index (χ1v) is 20.3. The van der Waals surface area contributed by atoms with Crippen LogP contribution in [0.25, 0.3) is 22.0 Å². The van der Waals surface area contributed by atoms with E-state index in [9.17, 15) is 4.57 Å². The maximum Gasteiger partial charge on any atom is 0.229 e. The number of hydrogen-bond acceptors (Lipinski definition) is 11. The van der Waals surface area contributed by atoms with Gasteiger partial charge in [-0.3, -0.25) is 14.6 Å². The van der Waals surface area contributed by atoms with E-state index in [4.69, 9.17) is 14.5 Å². The van der Waals surface area contributed by atoms with Crippen LogP contribution in [0.3, 0.4) is 0 Å². The molecule has 0 aliphatic carbocycles. The molecule has 2 N–H and O–H groups in total. The predicted molar refractivity (Wildman–Crippen MR) is 205 cm³/mol.